The second-order valence-corrected chi connectivity index (χ2v) is 19.9. The van der Waals surface area contributed by atoms with Crippen LogP contribution in [0.1, 0.15) is 146 Å². The Morgan fingerprint density at radius 2 is 1.57 bits per heavy atom. The normalized spacial score (nSPS) is 22.3. The topological polar surface area (TPSA) is 110 Å². The van der Waals surface area contributed by atoms with Crippen LogP contribution in [0.4, 0.5) is 0 Å². The zero-order valence-corrected chi connectivity index (χ0v) is 41.5. The molecule has 0 unspecified atom stereocenters. The maximum Gasteiger partial charge on any atom is 0.239 e. The van der Waals surface area contributed by atoms with Gasteiger partial charge in [0.05, 0.1) is 24.8 Å². The lowest BCUT2D eigenvalue weighted by Gasteiger charge is -2.60. The highest BCUT2D eigenvalue weighted by Crippen LogP contribution is 2.62. The molecule has 3 aromatic carbocycles. The van der Waals surface area contributed by atoms with Gasteiger partial charge in [-0.1, -0.05) is 144 Å². The van der Waals surface area contributed by atoms with E-state index in [0.717, 1.165) is 97.5 Å². The van der Waals surface area contributed by atoms with Gasteiger partial charge in [-0.2, -0.15) is 0 Å². The van der Waals surface area contributed by atoms with Crippen molar-refractivity contribution in [3.05, 3.63) is 114 Å². The molecule has 1 heterocycles. The number of amides is 1. The van der Waals surface area contributed by atoms with Gasteiger partial charge in [0.2, 0.25) is 11.7 Å². The average Bonchev–Trinajstić information content (AvgIpc) is 3.35. The molecule has 0 radical (unpaired) electrons. The van der Waals surface area contributed by atoms with Gasteiger partial charge in [0.1, 0.15) is 24.1 Å². The van der Waals surface area contributed by atoms with Gasteiger partial charge in [0, 0.05) is 54.7 Å². The number of fused-ring (bicyclic) bond motifs is 2. The number of benzene rings is 3. The highest BCUT2D eigenvalue weighted by atomic mass is 32.2. The van der Waals surface area contributed by atoms with E-state index in [0.29, 0.717) is 39.0 Å². The zero-order chi connectivity index (χ0) is 47.1. The maximum absolute atomic E-state index is 14.9. The van der Waals surface area contributed by atoms with E-state index in [1.165, 1.54) is 43.4 Å². The largest absolute Gasteiger partial charge is 0.493 e. The molecule has 1 fully saturated rings. The summed E-state index contributed by atoms with van der Waals surface area (Å²) in [6.45, 7) is 10.4. The molecule has 9 nitrogen and oxygen atoms in total. The highest BCUT2D eigenvalue weighted by molar-refractivity contribution is 7.99. The molecule has 6 atom stereocenters. The predicted octanol–water partition coefficient (Wildman–Crippen LogP) is 12.9. The molecule has 0 saturated heterocycles. The van der Waals surface area contributed by atoms with Crippen LogP contribution in [0.25, 0.3) is 0 Å². The molecule has 10 heteroatoms. The Morgan fingerprint density at radius 3 is 2.27 bits per heavy atom. The van der Waals surface area contributed by atoms with Gasteiger partial charge in [-0.05, 0) is 91.8 Å². The van der Waals surface area contributed by atoms with Crippen LogP contribution in [0.5, 0.6) is 11.5 Å². The third-order valence-corrected chi connectivity index (χ3v) is 14.9. The summed E-state index contributed by atoms with van der Waals surface area (Å²) in [6, 6.07) is 26.2. The molecule has 0 bridgehead atoms. The third-order valence-electron chi connectivity index (χ3n) is 13.9. The van der Waals surface area contributed by atoms with Crippen LogP contribution in [0.2, 0.25) is 0 Å². The molecular formula is C57H80N2O7S. The second kappa shape index (κ2) is 28.4. The Morgan fingerprint density at radius 1 is 0.866 bits per heavy atom. The van der Waals surface area contributed by atoms with Crippen molar-refractivity contribution in [3.63, 3.8) is 0 Å². The number of aliphatic hydroxyl groups excluding tert-OH is 2. The van der Waals surface area contributed by atoms with E-state index in [2.05, 4.69) is 61.7 Å². The molecule has 3 aromatic rings. The summed E-state index contributed by atoms with van der Waals surface area (Å²) in [5, 5.41) is 25.1. The van der Waals surface area contributed by atoms with Gasteiger partial charge in [-0.3, -0.25) is 4.79 Å². The van der Waals surface area contributed by atoms with E-state index in [1.807, 2.05) is 48.5 Å². The molecule has 2 N–H and O–H groups in total. The third kappa shape index (κ3) is 14.5. The number of oxime groups is 1. The summed E-state index contributed by atoms with van der Waals surface area (Å²) < 4.78 is 21.2. The first-order chi connectivity index (χ1) is 33.0. The number of unbranched alkanes of at least 4 members (excludes halogenated alkanes) is 10. The van der Waals surface area contributed by atoms with E-state index >= 15 is 0 Å². The number of thioether (sulfide) groups is 1. The van der Waals surface area contributed by atoms with Crippen LogP contribution in [0, 0.1) is 17.8 Å². The summed E-state index contributed by atoms with van der Waals surface area (Å²) in [6.07, 6.45) is 21.4. The van der Waals surface area contributed by atoms with E-state index in [-0.39, 0.29) is 49.4 Å². The Kier molecular flexibility index (Phi) is 22.2. The fourth-order valence-electron chi connectivity index (χ4n) is 10.8. The molecule has 3 aliphatic rings. The van der Waals surface area contributed by atoms with Crippen molar-refractivity contribution < 1.29 is 34.1 Å². The summed E-state index contributed by atoms with van der Waals surface area (Å²) in [7, 11) is 0. The van der Waals surface area contributed by atoms with Gasteiger partial charge < -0.3 is 34.2 Å². The van der Waals surface area contributed by atoms with E-state index in [4.69, 9.17) is 24.2 Å². The summed E-state index contributed by atoms with van der Waals surface area (Å²) >= 11 is 1.77. The van der Waals surface area contributed by atoms with Crippen LogP contribution >= 0.6 is 11.8 Å². The summed E-state index contributed by atoms with van der Waals surface area (Å²) in [5.74, 6) is 1.01. The van der Waals surface area contributed by atoms with Crippen molar-refractivity contribution in [2.45, 2.75) is 159 Å². The molecular weight excluding hydrogens is 857 g/mol. The fraction of sp³-hybridized carbons (Fsp3) is 0.579. The Balaban J connectivity index is 1.42. The maximum atomic E-state index is 14.9. The van der Waals surface area contributed by atoms with Gasteiger partial charge >= 0.3 is 0 Å². The number of aliphatic hydroxyl groups is 2. The van der Waals surface area contributed by atoms with Crippen LogP contribution in [-0.4, -0.2) is 77.3 Å². The number of allylic oxidation sites excluding steroid dienone is 1. The van der Waals surface area contributed by atoms with Gasteiger partial charge in [0.15, 0.2) is 0 Å². The molecule has 2 aliphatic carbocycles. The monoisotopic (exact) mass is 937 g/mol. The minimum absolute atomic E-state index is 0.105. The molecule has 6 rings (SSSR count). The lowest BCUT2D eigenvalue weighted by Crippen LogP contribution is -2.70. The standard InChI is InChI=1S/C57H80N2O7S/c1-4-7-8-9-10-11-12-13-20-31-54(62)59(34-5-2)53-42-51(58-65-43-44-25-16-14-17-26-44)49-40-45(27-21-23-35-60)48(30-22-24-36-61)55-50-41-46(63-38-39-67-47-28-18-15-19-29-47)32-33-52(50)66-57(53,56(49)55)64-37-6-3/h6,14-19,25-26,28-29,32-33,40-41,45,48,53,55-56,60-61H,3-5,7-13,20-24,27,30-31,34-39,42-43H2,1-2H3/t45-,48+,53-,55+,56+,57+/m0/s1. The van der Waals surface area contributed by atoms with Crippen LogP contribution < -0.4 is 9.47 Å². The molecule has 1 amide bonds. The Bertz CT molecular complexity index is 1980. The summed E-state index contributed by atoms with van der Waals surface area (Å²) in [5.41, 5.74) is 3.96. The molecule has 0 aromatic heterocycles. The quantitative estimate of drug-likeness (QED) is 0.0276. The zero-order valence-electron chi connectivity index (χ0n) is 40.7. The molecule has 1 aliphatic heterocycles. The predicted molar refractivity (Wildman–Crippen MR) is 273 cm³/mol. The minimum atomic E-state index is -1.26. The lowest BCUT2D eigenvalue weighted by atomic mass is 9.55. The number of carbonyl (C=O) groups excluding carboxylic acids is 1. The minimum Gasteiger partial charge on any atom is -0.493 e. The smallest absolute Gasteiger partial charge is 0.239 e. The van der Waals surface area contributed by atoms with Gasteiger partial charge in [0.25, 0.3) is 0 Å². The molecule has 366 valence electrons. The van der Waals surface area contributed by atoms with Crippen molar-refractivity contribution in [3.8, 4) is 11.5 Å². The number of rotatable bonds is 32. The summed E-state index contributed by atoms with van der Waals surface area (Å²) in [4.78, 5) is 24.5. The van der Waals surface area contributed by atoms with Crippen molar-refractivity contribution in [2.75, 3.05) is 38.7 Å². The molecule has 67 heavy (non-hydrogen) atoms. The van der Waals surface area contributed by atoms with Crippen molar-refractivity contribution in [1.82, 2.24) is 4.90 Å². The lowest BCUT2D eigenvalue weighted by molar-refractivity contribution is -0.257. The van der Waals surface area contributed by atoms with Gasteiger partial charge in [-0.15, -0.1) is 18.3 Å². The number of ether oxygens (including phenoxy) is 3. The van der Waals surface area contributed by atoms with E-state index in [9.17, 15) is 15.0 Å². The van der Waals surface area contributed by atoms with Crippen LogP contribution in [-0.2, 0) is 21.0 Å². The van der Waals surface area contributed by atoms with E-state index in [1.54, 1.807) is 17.8 Å². The van der Waals surface area contributed by atoms with E-state index < -0.39 is 11.8 Å². The number of nitrogens with zero attached hydrogens (tertiary/aromatic N) is 2. The van der Waals surface area contributed by atoms with Crippen LogP contribution in [0.15, 0.2) is 113 Å². The SMILES string of the molecule is C=CCO[C@@]12Oc3ccc(OCCSc4ccccc4)cc3[C@H]3[C@H](CCCCO)[C@@H](CCCCO)C=C(C(=NOCc4ccccc4)C[C@@H]1N(CCC)C(=O)CCCCCCCCCCC)[C@H]32. The van der Waals surface area contributed by atoms with Crippen molar-refractivity contribution >= 4 is 23.4 Å². The number of carbonyl (C=O) groups is 1. The highest BCUT2D eigenvalue weighted by Gasteiger charge is 2.65. The first kappa shape index (κ1) is 52.3. The van der Waals surface area contributed by atoms with Crippen molar-refractivity contribution in [1.29, 1.82) is 0 Å². The first-order valence-corrected chi connectivity index (χ1v) is 26.8. The first-order valence-electron chi connectivity index (χ1n) is 25.8. The van der Waals surface area contributed by atoms with Crippen LogP contribution in [0.3, 0.4) is 0 Å². The Hall–Kier alpha value is -4.09. The second-order valence-electron chi connectivity index (χ2n) is 18.7. The van der Waals surface area contributed by atoms with Gasteiger partial charge in [-0.25, -0.2) is 0 Å². The van der Waals surface area contributed by atoms with Crippen molar-refractivity contribution in [2.24, 2.45) is 22.9 Å². The molecule has 0 spiro atoms. The number of hydrogen-bond acceptors (Lipinski definition) is 9. The Labute approximate surface area is 406 Å². The number of hydrogen-bond donors (Lipinski definition) is 2. The fourth-order valence-corrected chi connectivity index (χ4v) is 11.5. The molecule has 1 saturated carbocycles. The average molecular weight is 937 g/mol.